The second-order valence-electron chi connectivity index (χ2n) is 6.77. The van der Waals surface area contributed by atoms with Crippen LogP contribution in [0.1, 0.15) is 19.4 Å². The second kappa shape index (κ2) is 11.3. The molecule has 0 aromatic heterocycles. The molecule has 154 valence electrons. The number of allylic oxidation sites excluding steroid dienone is 1. The van der Waals surface area contributed by atoms with E-state index in [9.17, 15) is 4.79 Å². The first-order valence-electron chi connectivity index (χ1n) is 9.33. The Hall–Kier alpha value is -2.76. The summed E-state index contributed by atoms with van der Waals surface area (Å²) in [6, 6.07) is 14.7. The van der Waals surface area contributed by atoms with E-state index in [1.165, 1.54) is 0 Å². The van der Waals surface area contributed by atoms with Gasteiger partial charge in [-0.05, 0) is 54.8 Å². The second-order valence-corrected chi connectivity index (χ2v) is 7.21. The zero-order valence-corrected chi connectivity index (χ0v) is 17.7. The van der Waals surface area contributed by atoms with E-state index >= 15 is 0 Å². The van der Waals surface area contributed by atoms with Crippen LogP contribution in [-0.2, 0) is 16.1 Å². The molecule has 0 saturated heterocycles. The molecule has 5 nitrogen and oxygen atoms in total. The van der Waals surface area contributed by atoms with Crippen molar-refractivity contribution in [3.63, 3.8) is 0 Å². The number of nitrogens with one attached hydrogen (secondary N) is 1. The van der Waals surface area contributed by atoms with Gasteiger partial charge >= 0.3 is 0 Å². The molecule has 1 atom stereocenters. The molecule has 29 heavy (non-hydrogen) atoms. The van der Waals surface area contributed by atoms with E-state index in [1.54, 1.807) is 44.4 Å². The van der Waals surface area contributed by atoms with Crippen molar-refractivity contribution in [2.75, 3.05) is 13.7 Å². The zero-order chi connectivity index (χ0) is 21.2. The maximum atomic E-state index is 12.6. The molecule has 0 aliphatic heterocycles. The Labute approximate surface area is 177 Å². The summed E-state index contributed by atoms with van der Waals surface area (Å²) in [5, 5.41) is 3.55. The van der Waals surface area contributed by atoms with Crippen LogP contribution in [0.15, 0.2) is 72.0 Å². The highest BCUT2D eigenvalue weighted by atomic mass is 35.5. The van der Waals surface area contributed by atoms with Crippen LogP contribution in [0.25, 0.3) is 0 Å². The lowest BCUT2D eigenvalue weighted by Gasteiger charge is -2.11. The lowest BCUT2D eigenvalue weighted by Crippen LogP contribution is -2.25. The van der Waals surface area contributed by atoms with Gasteiger partial charge in [0.05, 0.1) is 12.2 Å². The van der Waals surface area contributed by atoms with Gasteiger partial charge in [-0.3, -0.25) is 4.79 Å². The molecule has 0 saturated carbocycles. The van der Waals surface area contributed by atoms with Crippen LogP contribution in [0.4, 0.5) is 0 Å². The summed E-state index contributed by atoms with van der Waals surface area (Å²) in [5.74, 6) is 1.33. The Morgan fingerprint density at radius 1 is 1.21 bits per heavy atom. The standard InChI is InChI=1S/C23H27ClN2O3/c1-16(15-28-3)7-12-22(17(2)25)23(27)26-14-18-5-4-6-21(13-18)29-20-10-8-19(24)9-11-20/h4-13,16H,14-15,25H2,1-3H3,(H,26,27)/b12-7-,22-17-. The first-order chi connectivity index (χ1) is 13.9. The fourth-order valence-electron chi connectivity index (χ4n) is 2.60. The highest BCUT2D eigenvalue weighted by Crippen LogP contribution is 2.23. The van der Waals surface area contributed by atoms with Gasteiger partial charge in [-0.25, -0.2) is 0 Å². The smallest absolute Gasteiger partial charge is 0.253 e. The van der Waals surface area contributed by atoms with Crippen LogP contribution < -0.4 is 15.8 Å². The molecular formula is C23H27ClN2O3. The van der Waals surface area contributed by atoms with Crippen molar-refractivity contribution in [1.29, 1.82) is 0 Å². The maximum absolute atomic E-state index is 12.6. The number of rotatable bonds is 9. The number of carbonyl (C=O) groups excluding carboxylic acids is 1. The summed E-state index contributed by atoms with van der Waals surface area (Å²) in [6.07, 6.45) is 3.66. The first kappa shape index (κ1) is 22.5. The molecule has 2 aromatic rings. The van der Waals surface area contributed by atoms with Gasteiger partial charge in [-0.1, -0.05) is 42.8 Å². The van der Waals surface area contributed by atoms with Crippen LogP contribution in [0.3, 0.4) is 0 Å². The number of benzene rings is 2. The number of ether oxygens (including phenoxy) is 2. The summed E-state index contributed by atoms with van der Waals surface area (Å²) in [4.78, 5) is 12.6. The van der Waals surface area contributed by atoms with Crippen molar-refractivity contribution in [2.45, 2.75) is 20.4 Å². The molecule has 1 amide bonds. The Bertz CT molecular complexity index is 872. The fourth-order valence-corrected chi connectivity index (χ4v) is 2.73. The third-order valence-corrected chi connectivity index (χ3v) is 4.34. The Balaban J connectivity index is 2.00. The zero-order valence-electron chi connectivity index (χ0n) is 16.9. The summed E-state index contributed by atoms with van der Waals surface area (Å²) < 4.78 is 10.9. The van der Waals surface area contributed by atoms with E-state index in [-0.39, 0.29) is 11.8 Å². The SMILES string of the molecule is COCC(C)/C=C\C(C(=O)NCc1cccc(Oc2ccc(Cl)cc2)c1)=C(/C)N. The van der Waals surface area contributed by atoms with Crippen molar-refractivity contribution >= 4 is 17.5 Å². The number of hydrogen-bond acceptors (Lipinski definition) is 4. The number of amides is 1. The Morgan fingerprint density at radius 3 is 2.59 bits per heavy atom. The van der Waals surface area contributed by atoms with Crippen molar-refractivity contribution in [2.24, 2.45) is 11.7 Å². The predicted octanol–water partition coefficient (Wildman–Crippen LogP) is 4.82. The average Bonchev–Trinajstić information content (AvgIpc) is 2.68. The molecule has 0 aliphatic rings. The molecule has 3 N–H and O–H groups in total. The third kappa shape index (κ3) is 7.64. The minimum Gasteiger partial charge on any atom is -0.457 e. The van der Waals surface area contributed by atoms with Crippen molar-refractivity contribution in [1.82, 2.24) is 5.32 Å². The molecule has 0 radical (unpaired) electrons. The molecule has 0 fully saturated rings. The average molecular weight is 415 g/mol. The van der Waals surface area contributed by atoms with E-state index in [1.807, 2.05) is 37.3 Å². The predicted molar refractivity (Wildman–Crippen MR) is 117 cm³/mol. The van der Waals surface area contributed by atoms with Gasteiger partial charge in [0.25, 0.3) is 5.91 Å². The fraction of sp³-hybridized carbons (Fsp3) is 0.261. The minimum absolute atomic E-state index is 0.184. The maximum Gasteiger partial charge on any atom is 0.253 e. The molecule has 6 heteroatoms. The van der Waals surface area contributed by atoms with E-state index < -0.39 is 0 Å². The molecule has 1 unspecified atom stereocenters. The molecular weight excluding hydrogens is 388 g/mol. The Morgan fingerprint density at radius 2 is 1.93 bits per heavy atom. The molecule has 2 rings (SSSR count). The van der Waals surface area contributed by atoms with Gasteiger partial charge in [-0.2, -0.15) is 0 Å². The van der Waals surface area contributed by atoms with Crippen LogP contribution in [0.5, 0.6) is 11.5 Å². The summed E-state index contributed by atoms with van der Waals surface area (Å²) in [5.41, 5.74) is 7.71. The van der Waals surface area contributed by atoms with Crippen molar-refractivity contribution in [3.8, 4) is 11.5 Å². The number of hydrogen-bond donors (Lipinski definition) is 2. The van der Waals surface area contributed by atoms with Crippen LogP contribution in [-0.4, -0.2) is 19.6 Å². The van der Waals surface area contributed by atoms with Crippen LogP contribution in [0, 0.1) is 5.92 Å². The van der Waals surface area contributed by atoms with E-state index in [0.29, 0.717) is 40.9 Å². The molecule has 0 heterocycles. The van der Waals surface area contributed by atoms with Gasteiger partial charge in [0.2, 0.25) is 0 Å². The van der Waals surface area contributed by atoms with E-state index in [2.05, 4.69) is 5.32 Å². The van der Waals surface area contributed by atoms with Gasteiger partial charge in [0.15, 0.2) is 0 Å². The lowest BCUT2D eigenvalue weighted by atomic mass is 10.1. The van der Waals surface area contributed by atoms with Gasteiger partial charge in [0.1, 0.15) is 11.5 Å². The number of carbonyl (C=O) groups is 1. The normalized spacial score (nSPS) is 13.1. The van der Waals surface area contributed by atoms with Crippen LogP contribution >= 0.6 is 11.6 Å². The molecule has 0 bridgehead atoms. The molecule has 0 aliphatic carbocycles. The number of nitrogens with two attached hydrogens (primary N) is 1. The topological polar surface area (TPSA) is 73.6 Å². The van der Waals surface area contributed by atoms with Gasteiger partial charge in [0, 0.05) is 24.4 Å². The number of methoxy groups -OCH3 is 1. The lowest BCUT2D eigenvalue weighted by molar-refractivity contribution is -0.117. The molecule has 2 aromatic carbocycles. The first-order valence-corrected chi connectivity index (χ1v) is 9.71. The minimum atomic E-state index is -0.227. The number of halogens is 1. The highest BCUT2D eigenvalue weighted by molar-refractivity contribution is 6.30. The van der Waals surface area contributed by atoms with Crippen LogP contribution in [0.2, 0.25) is 5.02 Å². The Kier molecular flexibility index (Phi) is 8.77. The quantitative estimate of drug-likeness (QED) is 0.455. The summed E-state index contributed by atoms with van der Waals surface area (Å²) in [7, 11) is 1.65. The summed E-state index contributed by atoms with van der Waals surface area (Å²) >= 11 is 5.89. The van der Waals surface area contributed by atoms with Crippen molar-refractivity contribution < 1.29 is 14.3 Å². The van der Waals surface area contributed by atoms with E-state index in [0.717, 1.165) is 5.56 Å². The van der Waals surface area contributed by atoms with Crippen molar-refractivity contribution in [3.05, 3.63) is 82.5 Å². The van der Waals surface area contributed by atoms with Gasteiger partial charge < -0.3 is 20.5 Å². The summed E-state index contributed by atoms with van der Waals surface area (Å²) in [6.45, 7) is 4.65. The van der Waals surface area contributed by atoms with E-state index in [4.69, 9.17) is 26.8 Å². The third-order valence-electron chi connectivity index (χ3n) is 4.09. The largest absolute Gasteiger partial charge is 0.457 e. The highest BCUT2D eigenvalue weighted by Gasteiger charge is 2.10. The molecule has 0 spiro atoms. The monoisotopic (exact) mass is 414 g/mol. The van der Waals surface area contributed by atoms with Gasteiger partial charge in [-0.15, -0.1) is 0 Å².